The summed E-state index contributed by atoms with van der Waals surface area (Å²) < 4.78 is 14.4. The lowest BCUT2D eigenvalue weighted by Gasteiger charge is -2.09. The number of pyridine rings is 1. The minimum atomic E-state index is -0.647. The maximum atomic E-state index is 14.4. The molecule has 29 heavy (non-hydrogen) atoms. The average Bonchev–Trinajstić information content (AvgIpc) is 2.71. The van der Waals surface area contributed by atoms with Crippen molar-refractivity contribution in [1.82, 2.24) is 15.2 Å². The molecule has 2 heterocycles. The third-order valence-corrected chi connectivity index (χ3v) is 4.55. The summed E-state index contributed by atoms with van der Waals surface area (Å²) in [6.07, 6.45) is 0.340. The van der Waals surface area contributed by atoms with Gasteiger partial charge in [0.2, 0.25) is 5.82 Å². The van der Waals surface area contributed by atoms with E-state index in [0.717, 1.165) is 5.56 Å². The molecule has 0 atom stereocenters. The van der Waals surface area contributed by atoms with Crippen molar-refractivity contribution < 1.29 is 9.31 Å². The first-order chi connectivity index (χ1) is 13.9. The van der Waals surface area contributed by atoms with Gasteiger partial charge in [-0.2, -0.15) is 5.10 Å². The van der Waals surface area contributed by atoms with E-state index in [2.05, 4.69) is 15.2 Å². The minimum absolute atomic E-state index is 0.165. The summed E-state index contributed by atoms with van der Waals surface area (Å²) in [6, 6.07) is 14.1. The van der Waals surface area contributed by atoms with E-state index in [4.69, 9.17) is 5.73 Å². The normalized spacial score (nSPS) is 10.9. The van der Waals surface area contributed by atoms with Crippen molar-refractivity contribution in [2.75, 3.05) is 5.73 Å². The lowest BCUT2D eigenvalue weighted by atomic mass is 10.0. The molecule has 0 bridgehead atoms. The molecule has 0 aliphatic rings. The number of rotatable bonds is 4. The number of anilines is 1. The van der Waals surface area contributed by atoms with Gasteiger partial charge in [0, 0.05) is 23.4 Å². The van der Waals surface area contributed by atoms with E-state index in [9.17, 15) is 19.3 Å². The van der Waals surface area contributed by atoms with Gasteiger partial charge >= 0.3 is 5.69 Å². The lowest BCUT2D eigenvalue weighted by molar-refractivity contribution is -0.384. The number of benzene rings is 2. The Morgan fingerprint density at radius 1 is 1.10 bits per heavy atom. The van der Waals surface area contributed by atoms with E-state index in [1.807, 2.05) is 6.07 Å². The third kappa shape index (κ3) is 3.41. The van der Waals surface area contributed by atoms with Gasteiger partial charge in [-0.1, -0.05) is 24.3 Å². The summed E-state index contributed by atoms with van der Waals surface area (Å²) in [5.41, 5.74) is 6.72. The molecule has 0 saturated heterocycles. The van der Waals surface area contributed by atoms with Gasteiger partial charge in [-0.15, -0.1) is 0 Å². The maximum absolute atomic E-state index is 14.4. The first kappa shape index (κ1) is 18.2. The second-order valence-electron chi connectivity index (χ2n) is 6.39. The molecule has 0 spiro atoms. The van der Waals surface area contributed by atoms with E-state index in [-0.39, 0.29) is 28.3 Å². The van der Waals surface area contributed by atoms with Gasteiger partial charge in [0.05, 0.1) is 21.7 Å². The average molecular weight is 391 g/mol. The van der Waals surface area contributed by atoms with Crippen molar-refractivity contribution in [2.24, 2.45) is 0 Å². The number of nitrogens with one attached hydrogen (secondary N) is 1. The summed E-state index contributed by atoms with van der Waals surface area (Å²) in [6.45, 7) is 0. The predicted octanol–water partition coefficient (Wildman–Crippen LogP) is 3.21. The summed E-state index contributed by atoms with van der Waals surface area (Å²) in [5, 5.41) is 18.7. The number of nitro groups is 1. The Hall–Kier alpha value is -4.14. The SMILES string of the molecule is Nc1nc(-c2cc(Cc3n[nH]c(=O)c4ccccc34)ccc2F)ccc1[N+](=O)[O-]. The Balaban J connectivity index is 1.75. The predicted molar refractivity (Wildman–Crippen MR) is 106 cm³/mol. The molecule has 0 unspecified atom stereocenters. The molecule has 2 aromatic carbocycles. The van der Waals surface area contributed by atoms with Gasteiger partial charge in [-0.3, -0.25) is 14.9 Å². The number of fused-ring (bicyclic) bond motifs is 1. The number of nitrogens with zero attached hydrogens (tertiary/aromatic N) is 3. The van der Waals surface area contributed by atoms with Crippen molar-refractivity contribution in [3.63, 3.8) is 0 Å². The van der Waals surface area contributed by atoms with Crippen LogP contribution in [0.15, 0.2) is 59.4 Å². The first-order valence-corrected chi connectivity index (χ1v) is 8.60. The second kappa shape index (κ2) is 7.12. The van der Waals surface area contributed by atoms with Crippen molar-refractivity contribution in [3.8, 4) is 11.3 Å². The molecule has 0 aliphatic heterocycles. The highest BCUT2D eigenvalue weighted by molar-refractivity contribution is 5.83. The molecule has 144 valence electrons. The van der Waals surface area contributed by atoms with Crippen LogP contribution in [0.4, 0.5) is 15.9 Å². The number of nitrogens with two attached hydrogens (primary N) is 1. The van der Waals surface area contributed by atoms with Crippen LogP contribution >= 0.6 is 0 Å². The fraction of sp³-hybridized carbons (Fsp3) is 0.0500. The summed E-state index contributed by atoms with van der Waals surface area (Å²) >= 11 is 0. The molecule has 0 saturated carbocycles. The van der Waals surface area contributed by atoms with Gasteiger partial charge in [0.1, 0.15) is 5.82 Å². The Morgan fingerprint density at radius 3 is 2.59 bits per heavy atom. The molecule has 9 heteroatoms. The monoisotopic (exact) mass is 391 g/mol. The number of H-pyrrole nitrogens is 1. The van der Waals surface area contributed by atoms with Crippen LogP contribution in [0.2, 0.25) is 0 Å². The van der Waals surface area contributed by atoms with Crippen molar-refractivity contribution >= 4 is 22.3 Å². The minimum Gasteiger partial charge on any atom is -0.378 e. The Bertz CT molecular complexity index is 1320. The van der Waals surface area contributed by atoms with Crippen LogP contribution in [0.25, 0.3) is 22.0 Å². The van der Waals surface area contributed by atoms with Gasteiger partial charge in [-0.05, 0) is 29.8 Å². The highest BCUT2D eigenvalue weighted by Gasteiger charge is 2.16. The lowest BCUT2D eigenvalue weighted by Crippen LogP contribution is -2.11. The molecule has 4 rings (SSSR count). The number of hydrogen-bond donors (Lipinski definition) is 2. The van der Waals surface area contributed by atoms with Crippen molar-refractivity contribution in [3.05, 3.63) is 92.1 Å². The Morgan fingerprint density at radius 2 is 1.86 bits per heavy atom. The molecular formula is C20H14FN5O3. The molecular weight excluding hydrogens is 377 g/mol. The van der Waals surface area contributed by atoms with E-state index >= 15 is 0 Å². The number of aromatic nitrogens is 3. The molecule has 0 fully saturated rings. The van der Waals surface area contributed by atoms with Gasteiger partial charge in [0.15, 0.2) is 0 Å². The number of aromatic amines is 1. The van der Waals surface area contributed by atoms with Crippen LogP contribution in [0.5, 0.6) is 0 Å². The zero-order valence-corrected chi connectivity index (χ0v) is 14.9. The van der Waals surface area contributed by atoms with Gasteiger partial charge in [-0.25, -0.2) is 14.5 Å². The largest absolute Gasteiger partial charge is 0.378 e. The number of nitrogen functional groups attached to an aromatic ring is 1. The second-order valence-corrected chi connectivity index (χ2v) is 6.39. The molecule has 0 aliphatic carbocycles. The van der Waals surface area contributed by atoms with Crippen molar-refractivity contribution in [2.45, 2.75) is 6.42 Å². The van der Waals surface area contributed by atoms with Gasteiger partial charge < -0.3 is 5.73 Å². The van der Waals surface area contributed by atoms with Gasteiger partial charge in [0.25, 0.3) is 5.56 Å². The third-order valence-electron chi connectivity index (χ3n) is 4.55. The summed E-state index contributed by atoms with van der Waals surface area (Å²) in [7, 11) is 0. The Kier molecular flexibility index (Phi) is 4.47. The summed E-state index contributed by atoms with van der Waals surface area (Å²) in [5.74, 6) is -0.820. The molecule has 3 N–H and O–H groups in total. The van der Waals surface area contributed by atoms with Crippen LogP contribution in [-0.4, -0.2) is 20.1 Å². The fourth-order valence-corrected chi connectivity index (χ4v) is 3.15. The van der Waals surface area contributed by atoms with Crippen LogP contribution in [0.3, 0.4) is 0 Å². The molecule has 4 aromatic rings. The number of hydrogen-bond acceptors (Lipinski definition) is 6. The molecule has 0 radical (unpaired) electrons. The van der Waals surface area contributed by atoms with Crippen LogP contribution < -0.4 is 11.3 Å². The zero-order valence-electron chi connectivity index (χ0n) is 14.9. The fourth-order valence-electron chi connectivity index (χ4n) is 3.15. The highest BCUT2D eigenvalue weighted by atomic mass is 19.1. The quantitative estimate of drug-likeness (QED) is 0.406. The van der Waals surface area contributed by atoms with E-state index in [1.165, 1.54) is 18.2 Å². The zero-order chi connectivity index (χ0) is 20.5. The van der Waals surface area contributed by atoms with E-state index in [1.54, 1.807) is 30.3 Å². The molecule has 8 nitrogen and oxygen atoms in total. The maximum Gasteiger partial charge on any atom is 0.311 e. The first-order valence-electron chi connectivity index (χ1n) is 8.60. The van der Waals surface area contributed by atoms with Crippen LogP contribution in [0, 0.1) is 15.9 Å². The van der Waals surface area contributed by atoms with E-state index in [0.29, 0.717) is 22.9 Å². The van der Waals surface area contributed by atoms with Crippen LogP contribution in [-0.2, 0) is 6.42 Å². The van der Waals surface area contributed by atoms with E-state index < -0.39 is 10.7 Å². The highest BCUT2D eigenvalue weighted by Crippen LogP contribution is 2.28. The molecule has 0 amide bonds. The summed E-state index contributed by atoms with van der Waals surface area (Å²) in [4.78, 5) is 26.2. The molecule has 2 aromatic heterocycles. The van der Waals surface area contributed by atoms with Crippen LogP contribution in [0.1, 0.15) is 11.3 Å². The number of halogens is 1. The smallest absolute Gasteiger partial charge is 0.311 e. The topological polar surface area (TPSA) is 128 Å². The van der Waals surface area contributed by atoms with Crippen molar-refractivity contribution in [1.29, 1.82) is 0 Å². The Labute approximate surface area is 163 Å². The standard InChI is InChI=1S/C20H14FN5O3/c21-15-6-5-11(9-14(15)16-7-8-18(26(28)29)19(22)23-16)10-17-12-3-1-2-4-13(12)20(27)25-24-17/h1-9H,10H2,(H2,22,23)(H,25,27).